The molecule has 5 heteroatoms. The second-order valence-electron chi connectivity index (χ2n) is 12.8. The zero-order valence-corrected chi connectivity index (χ0v) is 30.3. The Kier molecular flexibility index (Phi) is 3.09. The van der Waals surface area contributed by atoms with E-state index in [4.69, 9.17) is 35.4 Å². The highest BCUT2D eigenvalue weighted by Gasteiger charge is 2.44. The predicted molar refractivity (Wildman–Crippen MR) is 247 cm³/mol. The van der Waals surface area contributed by atoms with Crippen molar-refractivity contribution in [3.63, 3.8) is 0 Å². The van der Waals surface area contributed by atoms with Crippen LogP contribution in [0.25, 0.3) is 49.7 Å². The van der Waals surface area contributed by atoms with Crippen molar-refractivity contribution in [2.45, 2.75) is 0 Å². The van der Waals surface area contributed by atoms with E-state index in [0.717, 1.165) is 4.57 Å². The van der Waals surface area contributed by atoms with Crippen molar-refractivity contribution in [2.24, 2.45) is 0 Å². The van der Waals surface area contributed by atoms with Crippen LogP contribution in [0.3, 0.4) is 0 Å². The van der Waals surface area contributed by atoms with Crippen molar-refractivity contribution < 1.29 is 58.7 Å². The summed E-state index contributed by atoms with van der Waals surface area (Å²) in [4.78, 5) is 0. The van der Waals surface area contributed by atoms with Gasteiger partial charge in [0.1, 0.15) is 17.2 Å². The Labute approximate surface area is 395 Å². The normalized spacial score (nSPS) is 21.2. The first kappa shape index (κ1) is 13.6. The second kappa shape index (κ2) is 13.4. The van der Waals surface area contributed by atoms with Gasteiger partial charge in [-0.3, -0.25) is 0 Å². The molecule has 1 aromatic heterocycles. The van der Waals surface area contributed by atoms with Gasteiger partial charge in [-0.15, -0.1) is 0 Å². The average molecular weight is 806 g/mol. The zero-order chi connectivity index (χ0) is 70.2. The quantitative estimate of drug-likeness (QED) is 0.124. The Morgan fingerprint density at radius 1 is 0.441 bits per heavy atom. The number of rotatable bonds is 6. The number of para-hydroxylation sites is 3. The van der Waals surface area contributed by atoms with Gasteiger partial charge in [-0.25, -0.2) is 0 Å². The van der Waals surface area contributed by atoms with Gasteiger partial charge in [-0.05, 0) is 85.8 Å². The van der Waals surface area contributed by atoms with Crippen LogP contribution in [-0.2, 0) is 0 Å². The van der Waals surface area contributed by atoms with Gasteiger partial charge in [0, 0.05) is 32.9 Å². The Morgan fingerprint density at radius 3 is 1.63 bits per heavy atom. The van der Waals surface area contributed by atoms with Crippen LogP contribution in [0.4, 0.5) is 0 Å². The standard InChI is InChI=1S/C54H36BNO2Si/c1-4-18-39(19-5-1)59(40-20-6-2-7-21-40,41-22-8-3-9-23-41)53-31-17-13-24-42(53)37-34-46-45-27-12-16-30-50(45)58-55-47-36-38(32-33-51(47)57-52(35-37)54(46)55)56-48-28-14-10-25-43(48)44-26-11-15-29-49(44)56/h1-36H/i1D,2D,3D,4D,5D,6D,7D,8D,9D,10D,11D,12D,13D,14D,15D,16D,17D,18D,19D,20D,21D,22D,23D,24D,25D,26D,27D,28D,29D,30D,31D,32D,33D,34D,35D,36D. The maximum atomic E-state index is 10.5. The van der Waals surface area contributed by atoms with Crippen LogP contribution in [0.1, 0.15) is 49.3 Å². The fourth-order valence-electron chi connectivity index (χ4n) is 7.48. The Hall–Kier alpha value is -7.34. The third-order valence-electron chi connectivity index (χ3n) is 9.86. The van der Waals surface area contributed by atoms with Crippen LogP contribution >= 0.6 is 0 Å². The van der Waals surface area contributed by atoms with Crippen molar-refractivity contribution in [3.8, 4) is 45.2 Å². The minimum Gasteiger partial charge on any atom is -0.551 e. The molecule has 0 aliphatic carbocycles. The number of fused-ring (bicyclic) bond motifs is 7. The van der Waals surface area contributed by atoms with E-state index in [1.165, 1.54) is 0 Å². The molecule has 0 unspecified atom stereocenters. The lowest BCUT2D eigenvalue weighted by Crippen LogP contribution is -2.75. The summed E-state index contributed by atoms with van der Waals surface area (Å²) in [7, 11) is -6.72. The van der Waals surface area contributed by atoms with Gasteiger partial charge in [0.2, 0.25) is 0 Å². The van der Waals surface area contributed by atoms with Crippen molar-refractivity contribution in [3.05, 3.63) is 218 Å². The van der Waals surface area contributed by atoms with Crippen LogP contribution < -0.4 is 41.1 Å². The Bertz CT molecular complexity index is 5030. The first-order valence-corrected chi connectivity index (χ1v) is 19.3. The SMILES string of the molecule is [2H]c1c([2H])c([2H])c([Si](c2c([2H])c([2H])c([2H])c([2H])c2[2H])(c2c([2H])c([2H])c([2H])c([2H])c2[2H])c2c([2H])c([2H])c([2H])c([2H])c2-c2c([2H])c3c4c(c2[2H])-c2c([2H])c([2H])c([2H])c([2H])c2OB4c2c([2H])c(-n4c5c([2H])c([2H])c([2H])c([2H])c5c5c([2H])c([2H])c([2H])c([2H])c54)c([2H])c([2H])c2O3)c([2H])c1[2H]. The number of hydrogen-bond donors (Lipinski definition) is 0. The molecule has 12 rings (SSSR count). The average Bonchev–Trinajstić information content (AvgIpc) is 0.761. The van der Waals surface area contributed by atoms with Gasteiger partial charge in [0.05, 0.1) is 60.4 Å². The van der Waals surface area contributed by atoms with E-state index in [1.807, 2.05) is 0 Å². The fraction of sp³-hybridized carbons (Fsp3) is 0. The molecule has 0 saturated heterocycles. The topological polar surface area (TPSA) is 23.4 Å². The minimum absolute atomic E-state index is 0.524. The molecule has 0 amide bonds. The van der Waals surface area contributed by atoms with Gasteiger partial charge in [-0.1, -0.05) is 169 Å². The van der Waals surface area contributed by atoms with Crippen molar-refractivity contribution in [1.29, 1.82) is 0 Å². The molecule has 2 aliphatic heterocycles. The van der Waals surface area contributed by atoms with Crippen LogP contribution in [-0.4, -0.2) is 19.6 Å². The number of hydrogen-bond acceptors (Lipinski definition) is 2. The van der Waals surface area contributed by atoms with Crippen LogP contribution in [0.5, 0.6) is 17.2 Å². The van der Waals surface area contributed by atoms with E-state index in [1.54, 1.807) is 0 Å². The van der Waals surface area contributed by atoms with Gasteiger partial charge in [0.15, 0.2) is 8.07 Å². The molecule has 0 atom stereocenters. The number of ether oxygens (including phenoxy) is 1. The third-order valence-corrected chi connectivity index (χ3v) is 14.0. The van der Waals surface area contributed by atoms with E-state index in [-0.39, 0.29) is 0 Å². The first-order chi connectivity index (χ1) is 44.2. The summed E-state index contributed by atoms with van der Waals surface area (Å²) >= 11 is 0. The molecule has 3 nitrogen and oxygen atoms in total. The summed E-state index contributed by atoms with van der Waals surface area (Å²) in [5.74, 6) is -2.81. The zero-order valence-electron chi connectivity index (χ0n) is 65.3. The lowest BCUT2D eigenvalue weighted by molar-refractivity contribution is 0.479. The molecule has 59 heavy (non-hydrogen) atoms. The van der Waals surface area contributed by atoms with Crippen molar-refractivity contribution in [2.75, 3.05) is 0 Å². The summed E-state index contributed by atoms with van der Waals surface area (Å²) in [6, 6.07) is -42.0. The van der Waals surface area contributed by atoms with Crippen molar-refractivity contribution in [1.82, 2.24) is 4.57 Å². The van der Waals surface area contributed by atoms with Gasteiger partial charge >= 0.3 is 6.92 Å². The van der Waals surface area contributed by atoms with Gasteiger partial charge < -0.3 is 14.0 Å². The van der Waals surface area contributed by atoms with Gasteiger partial charge in [-0.2, -0.15) is 0 Å². The lowest BCUT2D eigenvalue weighted by Gasteiger charge is -2.36. The van der Waals surface area contributed by atoms with E-state index < -0.39 is 331 Å². The second-order valence-corrected chi connectivity index (χ2v) is 16.3. The summed E-state index contributed by atoms with van der Waals surface area (Å²) in [5.41, 5.74) is -7.58. The van der Waals surface area contributed by atoms with Crippen LogP contribution in [0.2, 0.25) is 0 Å². The Balaban J connectivity index is 1.33. The molecule has 10 aromatic rings. The predicted octanol–water partition coefficient (Wildman–Crippen LogP) is 9.10. The highest BCUT2D eigenvalue weighted by molar-refractivity contribution is 7.20. The van der Waals surface area contributed by atoms with E-state index in [9.17, 15) is 23.3 Å². The molecule has 0 N–H and O–H groups in total. The van der Waals surface area contributed by atoms with Crippen LogP contribution in [0.15, 0.2) is 218 Å². The third kappa shape index (κ3) is 5.08. The molecule has 2 aliphatic rings. The highest BCUT2D eigenvalue weighted by atomic mass is 28.3. The van der Waals surface area contributed by atoms with E-state index in [0.29, 0.717) is 0 Å². The van der Waals surface area contributed by atoms with E-state index in [2.05, 4.69) is 0 Å². The fourth-order valence-corrected chi connectivity index (χ4v) is 11.3. The number of aromatic nitrogens is 1. The molecule has 0 bridgehead atoms. The monoisotopic (exact) mass is 805 g/mol. The molecule has 9 aromatic carbocycles. The summed E-state index contributed by atoms with van der Waals surface area (Å²) in [5, 5.41) is -6.15. The molecule has 0 fully saturated rings. The van der Waals surface area contributed by atoms with E-state index >= 15 is 0 Å². The largest absolute Gasteiger partial charge is 0.551 e. The summed E-state index contributed by atoms with van der Waals surface area (Å²) in [6.45, 7) is -2.22. The molecule has 0 spiro atoms. The van der Waals surface area contributed by atoms with Crippen LogP contribution in [0, 0.1) is 0 Å². The molecular formula is C54H36BNO2Si. The first-order valence-electron chi connectivity index (χ1n) is 35.3. The molecular weight excluding hydrogens is 733 g/mol. The Morgan fingerprint density at radius 2 is 0.983 bits per heavy atom. The number of nitrogens with zero attached hydrogens (tertiary/aromatic N) is 1. The molecule has 0 saturated carbocycles. The summed E-state index contributed by atoms with van der Waals surface area (Å²) < 4.78 is 348. The minimum atomic E-state index is -6.72. The lowest BCUT2D eigenvalue weighted by atomic mass is 9.50. The van der Waals surface area contributed by atoms with Gasteiger partial charge in [0.25, 0.3) is 0 Å². The molecule has 3 heterocycles. The maximum absolute atomic E-state index is 10.5. The number of benzene rings is 9. The van der Waals surface area contributed by atoms with Crippen molar-refractivity contribution >= 4 is 68.5 Å². The molecule has 0 radical (unpaired) electrons. The smallest absolute Gasteiger partial charge is 0.434 e. The molecule has 276 valence electrons. The summed E-state index contributed by atoms with van der Waals surface area (Å²) in [6.07, 6.45) is 0. The maximum Gasteiger partial charge on any atom is 0.434 e. The highest BCUT2D eigenvalue weighted by Crippen LogP contribution is 2.42.